The lowest BCUT2D eigenvalue weighted by molar-refractivity contribution is -0.163. The maximum absolute atomic E-state index is 12.9. The minimum atomic E-state index is -2.40. The first-order chi connectivity index (χ1) is 6.28. The Morgan fingerprint density at radius 3 is 2.21 bits per heavy atom. The van der Waals surface area contributed by atoms with Crippen LogP contribution in [-0.4, -0.2) is 30.6 Å². The lowest BCUT2D eigenvalue weighted by Gasteiger charge is -2.21. The van der Waals surface area contributed by atoms with Crippen molar-refractivity contribution in [2.45, 2.75) is 45.1 Å². The third-order valence-electron chi connectivity index (χ3n) is 1.33. The number of halogens is 3. The molecule has 0 N–H and O–H groups in total. The number of hydrogen-bond donors (Lipinski definition) is 0. The second-order valence-electron chi connectivity index (χ2n) is 3.93. The standard InChI is InChI=1S/C9H15F3O2/c1-9(2,3)14-8(13)7(12)6(11)4-5-10/h6-7H,4-5H2,1-3H3. The molecule has 2 nitrogen and oxygen atoms in total. The SMILES string of the molecule is CC(C)(C)OC(=O)C(F)C(F)CCF. The number of esters is 1. The van der Waals surface area contributed by atoms with Gasteiger partial charge in [0.15, 0.2) is 0 Å². The minimum Gasteiger partial charge on any atom is -0.458 e. The van der Waals surface area contributed by atoms with Gasteiger partial charge in [0.2, 0.25) is 6.17 Å². The molecule has 0 fully saturated rings. The predicted molar refractivity (Wildman–Crippen MR) is 46.2 cm³/mol. The zero-order valence-corrected chi connectivity index (χ0v) is 8.52. The van der Waals surface area contributed by atoms with Gasteiger partial charge in [0.1, 0.15) is 11.8 Å². The molecular weight excluding hydrogens is 197 g/mol. The number of ether oxygens (including phenoxy) is 1. The van der Waals surface area contributed by atoms with E-state index in [2.05, 4.69) is 4.74 Å². The van der Waals surface area contributed by atoms with Gasteiger partial charge >= 0.3 is 5.97 Å². The van der Waals surface area contributed by atoms with Gasteiger partial charge in [-0.05, 0) is 20.8 Å². The first-order valence-corrected chi connectivity index (χ1v) is 4.35. The van der Waals surface area contributed by atoms with Crippen molar-refractivity contribution in [3.8, 4) is 0 Å². The van der Waals surface area contributed by atoms with Gasteiger partial charge in [-0.15, -0.1) is 0 Å². The number of hydrogen-bond acceptors (Lipinski definition) is 2. The highest BCUT2D eigenvalue weighted by molar-refractivity contribution is 5.75. The van der Waals surface area contributed by atoms with Crippen LogP contribution in [0.3, 0.4) is 0 Å². The van der Waals surface area contributed by atoms with E-state index in [9.17, 15) is 18.0 Å². The van der Waals surface area contributed by atoms with Gasteiger partial charge in [-0.1, -0.05) is 0 Å². The van der Waals surface area contributed by atoms with Gasteiger partial charge in [-0.3, -0.25) is 4.39 Å². The summed E-state index contributed by atoms with van der Waals surface area (Å²) in [5.74, 6) is -1.28. The van der Waals surface area contributed by atoms with Crippen molar-refractivity contribution in [3.63, 3.8) is 0 Å². The Bertz CT molecular complexity index is 189. The van der Waals surface area contributed by atoms with Crippen molar-refractivity contribution in [1.82, 2.24) is 0 Å². The molecule has 0 aromatic rings. The van der Waals surface area contributed by atoms with Gasteiger partial charge in [0.05, 0.1) is 6.67 Å². The third kappa shape index (κ3) is 5.09. The molecule has 0 rings (SSSR count). The summed E-state index contributed by atoms with van der Waals surface area (Å²) >= 11 is 0. The van der Waals surface area contributed by atoms with Crippen LogP contribution in [0.4, 0.5) is 13.2 Å². The van der Waals surface area contributed by atoms with E-state index in [1.807, 2.05) is 0 Å². The number of rotatable bonds is 4. The van der Waals surface area contributed by atoms with Crippen molar-refractivity contribution >= 4 is 5.97 Å². The zero-order valence-electron chi connectivity index (χ0n) is 8.52. The summed E-state index contributed by atoms with van der Waals surface area (Å²) in [5.41, 5.74) is -0.864. The smallest absolute Gasteiger partial charge is 0.344 e. The number of carbonyl (C=O) groups is 1. The van der Waals surface area contributed by atoms with Crippen LogP contribution in [-0.2, 0) is 9.53 Å². The molecule has 0 saturated carbocycles. The van der Waals surface area contributed by atoms with Crippen LogP contribution < -0.4 is 0 Å². The number of alkyl halides is 3. The first kappa shape index (κ1) is 13.3. The Balaban J connectivity index is 4.12. The molecule has 0 radical (unpaired) electrons. The summed E-state index contributed by atoms with van der Waals surface area (Å²) in [6.45, 7) is 3.63. The fourth-order valence-corrected chi connectivity index (χ4v) is 0.756. The fraction of sp³-hybridized carbons (Fsp3) is 0.889. The van der Waals surface area contributed by atoms with Gasteiger partial charge in [0, 0.05) is 6.42 Å². The van der Waals surface area contributed by atoms with Crippen molar-refractivity contribution in [3.05, 3.63) is 0 Å². The van der Waals surface area contributed by atoms with Gasteiger partial charge in [0.25, 0.3) is 0 Å². The normalized spacial score (nSPS) is 16.1. The van der Waals surface area contributed by atoms with Crippen LogP contribution in [0.15, 0.2) is 0 Å². The topological polar surface area (TPSA) is 26.3 Å². The van der Waals surface area contributed by atoms with Gasteiger partial charge < -0.3 is 4.74 Å². The van der Waals surface area contributed by atoms with E-state index in [-0.39, 0.29) is 0 Å². The molecule has 84 valence electrons. The average Bonchev–Trinajstić information content (AvgIpc) is 2.00. The van der Waals surface area contributed by atoms with E-state index in [1.54, 1.807) is 20.8 Å². The average molecular weight is 212 g/mol. The van der Waals surface area contributed by atoms with Crippen LogP contribution in [0, 0.1) is 0 Å². The van der Waals surface area contributed by atoms with Crippen molar-refractivity contribution < 1.29 is 22.7 Å². The summed E-state index contributed by atoms with van der Waals surface area (Å²) in [5, 5.41) is 0. The third-order valence-corrected chi connectivity index (χ3v) is 1.33. The molecule has 0 saturated heterocycles. The lowest BCUT2D eigenvalue weighted by Crippen LogP contribution is -2.34. The largest absolute Gasteiger partial charge is 0.458 e. The maximum atomic E-state index is 12.9. The molecule has 0 spiro atoms. The highest BCUT2D eigenvalue weighted by atomic mass is 19.2. The quantitative estimate of drug-likeness (QED) is 0.669. The Kier molecular flexibility index (Phi) is 4.94. The molecule has 2 atom stereocenters. The van der Waals surface area contributed by atoms with E-state index >= 15 is 0 Å². The second kappa shape index (κ2) is 5.22. The van der Waals surface area contributed by atoms with Crippen molar-refractivity contribution in [2.24, 2.45) is 0 Å². The van der Waals surface area contributed by atoms with E-state index in [4.69, 9.17) is 0 Å². The molecule has 0 aliphatic carbocycles. The molecule has 5 heteroatoms. The van der Waals surface area contributed by atoms with E-state index in [0.717, 1.165) is 0 Å². The summed E-state index contributed by atoms with van der Waals surface area (Å²) in [6.07, 6.45) is -5.15. The molecule has 0 heterocycles. The molecule has 0 aliphatic heterocycles. The van der Waals surface area contributed by atoms with Gasteiger partial charge in [-0.25, -0.2) is 13.6 Å². The zero-order chi connectivity index (χ0) is 11.4. The van der Waals surface area contributed by atoms with E-state index in [1.165, 1.54) is 0 Å². The highest BCUT2D eigenvalue weighted by Gasteiger charge is 2.32. The Morgan fingerprint density at radius 1 is 1.36 bits per heavy atom. The monoisotopic (exact) mass is 212 g/mol. The molecule has 14 heavy (non-hydrogen) atoms. The Labute approximate surface area is 81.4 Å². The predicted octanol–water partition coefficient (Wildman–Crippen LogP) is 2.36. The molecule has 0 bridgehead atoms. The van der Waals surface area contributed by atoms with E-state index < -0.39 is 37.0 Å². The van der Waals surface area contributed by atoms with Crippen LogP contribution in [0.2, 0.25) is 0 Å². The fourth-order valence-electron chi connectivity index (χ4n) is 0.756. The summed E-state index contributed by atoms with van der Waals surface area (Å²) in [6, 6.07) is 0. The molecule has 0 aromatic carbocycles. The molecule has 0 amide bonds. The van der Waals surface area contributed by atoms with E-state index in [0.29, 0.717) is 0 Å². The molecule has 0 aliphatic rings. The molecule has 2 unspecified atom stereocenters. The lowest BCUT2D eigenvalue weighted by atomic mass is 10.1. The van der Waals surface area contributed by atoms with Crippen molar-refractivity contribution in [1.29, 1.82) is 0 Å². The van der Waals surface area contributed by atoms with Crippen LogP contribution in [0.25, 0.3) is 0 Å². The maximum Gasteiger partial charge on any atom is 0.344 e. The van der Waals surface area contributed by atoms with Gasteiger partial charge in [-0.2, -0.15) is 0 Å². The van der Waals surface area contributed by atoms with Crippen molar-refractivity contribution in [2.75, 3.05) is 6.67 Å². The second-order valence-corrected chi connectivity index (χ2v) is 3.93. The summed E-state index contributed by atoms with van der Waals surface area (Å²) in [7, 11) is 0. The summed E-state index contributed by atoms with van der Waals surface area (Å²) in [4.78, 5) is 10.9. The highest BCUT2D eigenvalue weighted by Crippen LogP contribution is 2.15. The molecular formula is C9H15F3O2. The van der Waals surface area contributed by atoms with Crippen LogP contribution in [0.5, 0.6) is 0 Å². The van der Waals surface area contributed by atoms with Crippen LogP contribution in [0.1, 0.15) is 27.2 Å². The summed E-state index contributed by atoms with van der Waals surface area (Å²) < 4.78 is 41.8. The minimum absolute atomic E-state index is 0.625. The Morgan fingerprint density at radius 2 is 1.86 bits per heavy atom. The number of carbonyl (C=O) groups excluding carboxylic acids is 1. The molecule has 0 aromatic heterocycles. The van der Waals surface area contributed by atoms with Crippen LogP contribution >= 0.6 is 0 Å². The Hall–Kier alpha value is -0.740. The first-order valence-electron chi connectivity index (χ1n) is 4.35.